The van der Waals surface area contributed by atoms with Crippen molar-refractivity contribution in [2.75, 3.05) is 0 Å². The first-order chi connectivity index (χ1) is 15.9. The van der Waals surface area contributed by atoms with Gasteiger partial charge in [0.05, 0.1) is 0 Å². The van der Waals surface area contributed by atoms with Gasteiger partial charge in [0.25, 0.3) is 0 Å². The Labute approximate surface area is 202 Å². The van der Waals surface area contributed by atoms with Crippen LogP contribution in [0.5, 0.6) is 0 Å². The van der Waals surface area contributed by atoms with E-state index in [-0.39, 0.29) is 0 Å². The van der Waals surface area contributed by atoms with Crippen LogP contribution in [0.4, 0.5) is 0 Å². The van der Waals surface area contributed by atoms with Crippen molar-refractivity contribution in [3.63, 3.8) is 0 Å². The first kappa shape index (κ1) is 23.1. The summed E-state index contributed by atoms with van der Waals surface area (Å²) in [5, 5.41) is 2.79. The molecule has 0 aliphatic rings. The van der Waals surface area contributed by atoms with E-state index in [2.05, 4.69) is 121 Å². The zero-order chi connectivity index (χ0) is 21.8. The van der Waals surface area contributed by atoms with Crippen molar-refractivity contribution < 1.29 is 0 Å². The van der Waals surface area contributed by atoms with Crippen molar-refractivity contribution in [3.8, 4) is 0 Å². The monoisotopic (exact) mass is 540 g/mol. The van der Waals surface area contributed by atoms with Crippen LogP contribution in [-0.2, 0) is 0 Å². The molecule has 4 aromatic carbocycles. The summed E-state index contributed by atoms with van der Waals surface area (Å²) in [7, 11) is 0. The van der Waals surface area contributed by atoms with E-state index in [9.17, 15) is 0 Å². The summed E-state index contributed by atoms with van der Waals surface area (Å²) in [6.45, 7) is 0. The molecule has 0 amide bonds. The fourth-order valence-electron chi connectivity index (χ4n) is 4.43. The molecule has 0 nitrogen and oxygen atoms in total. The second-order valence-electron chi connectivity index (χ2n) is 8.34. The van der Waals surface area contributed by atoms with Crippen LogP contribution in [-0.4, -0.2) is 28.7 Å². The molecule has 160 valence electrons. The molecule has 0 atom stereocenters. The van der Waals surface area contributed by atoms with E-state index in [1.807, 2.05) is 0 Å². The van der Waals surface area contributed by atoms with Crippen LogP contribution in [0.2, 0.25) is 10.5 Å². The van der Waals surface area contributed by atoms with Crippen LogP contribution >= 0.6 is 0 Å². The second kappa shape index (κ2) is 12.9. The Morgan fingerprint density at radius 1 is 0.312 bits per heavy atom. The molecule has 0 saturated carbocycles. The van der Waals surface area contributed by atoms with Crippen molar-refractivity contribution in [1.29, 1.82) is 0 Å². The second-order valence-corrected chi connectivity index (χ2v) is 19.3. The van der Waals surface area contributed by atoms with Gasteiger partial charge in [-0.05, 0) is 0 Å². The molecule has 0 unspecified atom stereocenters. The van der Waals surface area contributed by atoms with E-state index < -0.39 is 28.7 Å². The first-order valence-electron chi connectivity index (χ1n) is 11.8. The SMILES string of the molecule is c1cc[c]([Ge]([CH2]CCCC[CH2][Ge]([c]2ccccc2)[c]2ccccc2)[c]2ccccc2)cc1. The number of unbranched alkanes of at least 4 members (excludes halogenated alkanes) is 3. The zero-order valence-electron chi connectivity index (χ0n) is 18.8. The van der Waals surface area contributed by atoms with Gasteiger partial charge in [0.15, 0.2) is 0 Å². The number of hydrogen-bond acceptors (Lipinski definition) is 0. The molecule has 0 aliphatic carbocycles. The fourth-order valence-corrected chi connectivity index (χ4v) is 15.8. The number of benzene rings is 4. The van der Waals surface area contributed by atoms with Gasteiger partial charge >= 0.3 is 204 Å². The Hall–Kier alpha value is -2.03. The summed E-state index contributed by atoms with van der Waals surface area (Å²) in [5.74, 6) is 0. The molecule has 0 aromatic heterocycles. The molecule has 0 N–H and O–H groups in total. The van der Waals surface area contributed by atoms with Gasteiger partial charge in [0, 0.05) is 0 Å². The normalized spacial score (nSPS) is 11.2. The van der Waals surface area contributed by atoms with E-state index in [1.54, 1.807) is 17.6 Å². The molecule has 0 saturated heterocycles. The van der Waals surface area contributed by atoms with Gasteiger partial charge in [-0.1, -0.05) is 0 Å². The van der Waals surface area contributed by atoms with E-state index >= 15 is 0 Å². The molecule has 0 heterocycles. The summed E-state index contributed by atoms with van der Waals surface area (Å²) < 4.78 is 6.45. The molecular weight excluding hydrogens is 506 g/mol. The average molecular weight is 538 g/mol. The Balaban J connectivity index is 1.31. The molecule has 0 spiro atoms. The Bertz CT molecular complexity index is 851. The Kier molecular flexibility index (Phi) is 9.30. The molecule has 2 radical (unpaired) electrons. The predicted octanol–water partition coefficient (Wildman–Crippen LogP) is 5.17. The predicted molar refractivity (Wildman–Crippen MR) is 144 cm³/mol. The molecular formula is C30H32Ge2. The van der Waals surface area contributed by atoms with Crippen molar-refractivity contribution >= 4 is 46.3 Å². The summed E-state index contributed by atoms with van der Waals surface area (Å²) in [6, 6.07) is 45.2. The van der Waals surface area contributed by atoms with Crippen molar-refractivity contribution in [1.82, 2.24) is 0 Å². The van der Waals surface area contributed by atoms with Crippen molar-refractivity contribution in [3.05, 3.63) is 121 Å². The van der Waals surface area contributed by atoms with Crippen molar-refractivity contribution in [2.45, 2.75) is 36.2 Å². The van der Waals surface area contributed by atoms with E-state index in [4.69, 9.17) is 0 Å². The van der Waals surface area contributed by atoms with E-state index in [1.165, 1.54) is 36.2 Å². The van der Waals surface area contributed by atoms with E-state index in [0.29, 0.717) is 0 Å². The van der Waals surface area contributed by atoms with Gasteiger partial charge in [-0.2, -0.15) is 0 Å². The van der Waals surface area contributed by atoms with Crippen LogP contribution in [0.1, 0.15) is 25.7 Å². The number of hydrogen-bond donors (Lipinski definition) is 0. The summed E-state index contributed by atoms with van der Waals surface area (Å²) in [4.78, 5) is 0. The van der Waals surface area contributed by atoms with Crippen molar-refractivity contribution in [2.24, 2.45) is 0 Å². The third-order valence-corrected chi connectivity index (χ3v) is 18.3. The molecule has 32 heavy (non-hydrogen) atoms. The Morgan fingerprint density at radius 2 is 0.562 bits per heavy atom. The van der Waals surface area contributed by atoms with Crippen LogP contribution in [0.25, 0.3) is 0 Å². The van der Waals surface area contributed by atoms with Gasteiger partial charge < -0.3 is 0 Å². The van der Waals surface area contributed by atoms with Crippen LogP contribution in [0.3, 0.4) is 0 Å². The van der Waals surface area contributed by atoms with Crippen LogP contribution < -0.4 is 17.6 Å². The molecule has 2 heteroatoms. The molecule has 0 fully saturated rings. The molecule has 4 aromatic rings. The summed E-state index contributed by atoms with van der Waals surface area (Å²) >= 11 is -2.87. The van der Waals surface area contributed by atoms with Gasteiger partial charge in [-0.3, -0.25) is 0 Å². The quantitative estimate of drug-likeness (QED) is 0.183. The van der Waals surface area contributed by atoms with Crippen LogP contribution in [0.15, 0.2) is 121 Å². The van der Waals surface area contributed by atoms with Crippen LogP contribution in [0, 0.1) is 0 Å². The first-order valence-corrected chi connectivity index (χ1v) is 19.0. The zero-order valence-corrected chi connectivity index (χ0v) is 23.0. The summed E-state index contributed by atoms with van der Waals surface area (Å²) in [6.07, 6.45) is 5.47. The molecule has 4 rings (SSSR count). The number of rotatable bonds is 11. The van der Waals surface area contributed by atoms with Gasteiger partial charge in [0.1, 0.15) is 0 Å². The Morgan fingerprint density at radius 3 is 0.812 bits per heavy atom. The summed E-state index contributed by atoms with van der Waals surface area (Å²) in [5.41, 5.74) is 0. The maximum atomic E-state index is 2.36. The van der Waals surface area contributed by atoms with E-state index in [0.717, 1.165) is 0 Å². The standard InChI is InChI=1S/C30H32Ge2/c1(15-25-31(27-17-7-3-8-18-27)28-19-9-4-10-20-28)2-16-26-32(29-21-11-5-12-22-29)30-23-13-6-14-24-30/h3-14,17-24H,1-2,15-16,25-26H2. The molecule has 0 aliphatic heterocycles. The minimum absolute atomic E-state index is 1.37. The minimum atomic E-state index is -1.43. The maximum absolute atomic E-state index is 2.36. The fraction of sp³-hybridized carbons (Fsp3) is 0.200. The third-order valence-electron chi connectivity index (χ3n) is 6.09. The van der Waals surface area contributed by atoms with Gasteiger partial charge in [0.2, 0.25) is 0 Å². The molecule has 0 bridgehead atoms. The average Bonchev–Trinajstić information content (AvgIpc) is 2.88. The third kappa shape index (κ3) is 6.73. The topological polar surface area (TPSA) is 0 Å². The van der Waals surface area contributed by atoms with Gasteiger partial charge in [-0.15, -0.1) is 0 Å². The van der Waals surface area contributed by atoms with Gasteiger partial charge in [-0.25, -0.2) is 0 Å².